The molecule has 2 fully saturated rings. The topological polar surface area (TPSA) is 72.9 Å². The minimum atomic E-state index is -1.19. The highest BCUT2D eigenvalue weighted by molar-refractivity contribution is 5.86. The SMILES string of the molecule is CCC(C)(NC(=O)N1CC2CCCCN2CC1C)C(=O)O. The van der Waals surface area contributed by atoms with Gasteiger partial charge in [0.1, 0.15) is 5.54 Å². The fourth-order valence-electron chi connectivity index (χ4n) is 3.24. The number of amides is 2. The zero-order chi connectivity index (χ0) is 15.6. The molecule has 2 N–H and O–H groups in total. The monoisotopic (exact) mass is 297 g/mol. The summed E-state index contributed by atoms with van der Waals surface area (Å²) in [5.41, 5.74) is -1.19. The van der Waals surface area contributed by atoms with Gasteiger partial charge in [0.25, 0.3) is 0 Å². The number of carboxylic acids is 1. The van der Waals surface area contributed by atoms with E-state index in [1.807, 2.05) is 11.8 Å². The Labute approximate surface area is 126 Å². The molecule has 0 spiro atoms. The summed E-state index contributed by atoms with van der Waals surface area (Å²) in [6.45, 7) is 8.08. The van der Waals surface area contributed by atoms with Crippen LogP contribution in [-0.4, -0.2) is 64.2 Å². The van der Waals surface area contributed by atoms with E-state index in [4.69, 9.17) is 0 Å². The van der Waals surface area contributed by atoms with E-state index < -0.39 is 11.5 Å². The van der Waals surface area contributed by atoms with Gasteiger partial charge in [0, 0.05) is 25.2 Å². The van der Waals surface area contributed by atoms with E-state index in [1.165, 1.54) is 12.8 Å². The highest BCUT2D eigenvalue weighted by Gasteiger charge is 2.39. The van der Waals surface area contributed by atoms with E-state index in [9.17, 15) is 14.7 Å². The second kappa shape index (κ2) is 6.22. The predicted octanol–water partition coefficient (Wildman–Crippen LogP) is 1.51. The average Bonchev–Trinajstić information content (AvgIpc) is 2.46. The smallest absolute Gasteiger partial charge is 0.329 e. The Bertz CT molecular complexity index is 415. The first-order valence-electron chi connectivity index (χ1n) is 7.93. The van der Waals surface area contributed by atoms with Crippen LogP contribution in [0, 0.1) is 0 Å². The van der Waals surface area contributed by atoms with E-state index in [0.717, 1.165) is 19.5 Å². The zero-order valence-electron chi connectivity index (χ0n) is 13.3. The lowest BCUT2D eigenvalue weighted by Crippen LogP contribution is -2.64. The Kier molecular flexibility index (Phi) is 4.76. The van der Waals surface area contributed by atoms with Crippen molar-refractivity contribution in [1.29, 1.82) is 0 Å². The molecule has 0 aliphatic carbocycles. The molecule has 2 aliphatic heterocycles. The van der Waals surface area contributed by atoms with Gasteiger partial charge in [-0.3, -0.25) is 4.90 Å². The lowest BCUT2D eigenvalue weighted by Gasteiger charge is -2.47. The molecule has 120 valence electrons. The van der Waals surface area contributed by atoms with Gasteiger partial charge < -0.3 is 15.3 Å². The molecular formula is C15H27N3O3. The number of carbonyl (C=O) groups excluding carboxylic acids is 1. The molecule has 2 amide bonds. The maximum Gasteiger partial charge on any atom is 0.329 e. The molecule has 0 bridgehead atoms. The van der Waals surface area contributed by atoms with Gasteiger partial charge in [-0.1, -0.05) is 13.3 Å². The molecule has 3 atom stereocenters. The number of nitrogens with one attached hydrogen (secondary N) is 1. The van der Waals surface area contributed by atoms with Crippen molar-refractivity contribution in [3.05, 3.63) is 0 Å². The molecule has 0 aromatic carbocycles. The van der Waals surface area contributed by atoms with Gasteiger partial charge in [-0.05, 0) is 39.7 Å². The maximum atomic E-state index is 12.5. The number of piperidine rings is 1. The third-order valence-electron chi connectivity index (χ3n) is 5.01. The van der Waals surface area contributed by atoms with Crippen LogP contribution in [0.25, 0.3) is 0 Å². The Morgan fingerprint density at radius 3 is 2.67 bits per heavy atom. The molecule has 0 saturated carbocycles. The fourth-order valence-corrected chi connectivity index (χ4v) is 3.24. The zero-order valence-corrected chi connectivity index (χ0v) is 13.3. The van der Waals surface area contributed by atoms with Gasteiger partial charge in [-0.15, -0.1) is 0 Å². The number of rotatable bonds is 3. The normalized spacial score (nSPS) is 29.4. The summed E-state index contributed by atoms with van der Waals surface area (Å²) in [7, 11) is 0. The third kappa shape index (κ3) is 3.31. The molecule has 6 heteroatoms. The van der Waals surface area contributed by atoms with E-state index in [-0.39, 0.29) is 12.1 Å². The highest BCUT2D eigenvalue weighted by Crippen LogP contribution is 2.24. The Morgan fingerprint density at radius 2 is 2.05 bits per heavy atom. The van der Waals surface area contributed by atoms with Crippen LogP contribution in [0.5, 0.6) is 0 Å². The van der Waals surface area contributed by atoms with Crippen molar-refractivity contribution in [3.8, 4) is 0 Å². The van der Waals surface area contributed by atoms with Gasteiger partial charge in [0.15, 0.2) is 0 Å². The molecule has 21 heavy (non-hydrogen) atoms. The molecule has 0 aromatic rings. The van der Waals surface area contributed by atoms with Gasteiger partial charge >= 0.3 is 12.0 Å². The standard InChI is InChI=1S/C15H27N3O3/c1-4-15(3,13(19)20)16-14(21)18-10-12-7-5-6-8-17(12)9-11(18)2/h11-12H,4-10H2,1-3H3,(H,16,21)(H,19,20). The van der Waals surface area contributed by atoms with Crippen molar-refractivity contribution in [2.75, 3.05) is 19.6 Å². The second-order valence-electron chi connectivity index (χ2n) is 6.57. The van der Waals surface area contributed by atoms with Crippen molar-refractivity contribution in [2.24, 2.45) is 0 Å². The van der Waals surface area contributed by atoms with E-state index in [0.29, 0.717) is 19.0 Å². The van der Waals surface area contributed by atoms with Crippen LogP contribution in [0.15, 0.2) is 0 Å². The summed E-state index contributed by atoms with van der Waals surface area (Å²) < 4.78 is 0. The van der Waals surface area contributed by atoms with Crippen LogP contribution in [0.2, 0.25) is 0 Å². The molecular weight excluding hydrogens is 270 g/mol. The molecule has 2 rings (SSSR count). The van der Waals surface area contributed by atoms with Gasteiger partial charge in [0.05, 0.1) is 0 Å². The minimum absolute atomic E-state index is 0.120. The lowest BCUT2D eigenvalue weighted by molar-refractivity contribution is -0.144. The van der Waals surface area contributed by atoms with Crippen LogP contribution < -0.4 is 5.32 Å². The molecule has 2 aliphatic rings. The number of carbonyl (C=O) groups is 2. The van der Waals surface area contributed by atoms with Crippen LogP contribution in [0.1, 0.15) is 46.5 Å². The summed E-state index contributed by atoms with van der Waals surface area (Å²) in [6, 6.07) is 0.298. The summed E-state index contributed by atoms with van der Waals surface area (Å²) in [4.78, 5) is 28.1. The average molecular weight is 297 g/mol. The number of hydrogen-bond donors (Lipinski definition) is 2. The van der Waals surface area contributed by atoms with Crippen molar-refractivity contribution in [3.63, 3.8) is 0 Å². The van der Waals surface area contributed by atoms with Gasteiger partial charge in [-0.25, -0.2) is 9.59 Å². The van der Waals surface area contributed by atoms with E-state index in [2.05, 4.69) is 10.2 Å². The van der Waals surface area contributed by atoms with Crippen LogP contribution in [-0.2, 0) is 4.79 Å². The summed E-state index contributed by atoms with van der Waals surface area (Å²) in [5, 5.41) is 12.0. The molecule has 0 aromatic heterocycles. The van der Waals surface area contributed by atoms with Crippen LogP contribution in [0.3, 0.4) is 0 Å². The van der Waals surface area contributed by atoms with Gasteiger partial charge in [0.2, 0.25) is 0 Å². The Morgan fingerprint density at radius 1 is 1.33 bits per heavy atom. The fraction of sp³-hybridized carbons (Fsp3) is 0.867. The molecule has 3 unspecified atom stereocenters. The Balaban J connectivity index is 2.03. The number of aliphatic carboxylic acids is 1. The van der Waals surface area contributed by atoms with Crippen molar-refractivity contribution in [2.45, 2.75) is 64.1 Å². The number of hydrogen-bond acceptors (Lipinski definition) is 3. The Hall–Kier alpha value is -1.30. The number of fused-ring (bicyclic) bond motifs is 1. The summed E-state index contributed by atoms with van der Waals surface area (Å²) in [6.07, 6.45) is 3.95. The van der Waals surface area contributed by atoms with Crippen molar-refractivity contribution < 1.29 is 14.7 Å². The number of nitrogens with zero attached hydrogens (tertiary/aromatic N) is 2. The summed E-state index contributed by atoms with van der Waals surface area (Å²) in [5.74, 6) is -0.984. The van der Waals surface area contributed by atoms with Crippen molar-refractivity contribution in [1.82, 2.24) is 15.1 Å². The number of piperazine rings is 1. The maximum absolute atomic E-state index is 12.5. The van der Waals surface area contributed by atoms with E-state index in [1.54, 1.807) is 13.8 Å². The third-order valence-corrected chi connectivity index (χ3v) is 5.01. The lowest BCUT2D eigenvalue weighted by atomic mass is 9.96. The number of carboxylic acid groups (broad SMARTS) is 1. The highest BCUT2D eigenvalue weighted by atomic mass is 16.4. The largest absolute Gasteiger partial charge is 0.480 e. The van der Waals surface area contributed by atoms with Crippen molar-refractivity contribution >= 4 is 12.0 Å². The second-order valence-corrected chi connectivity index (χ2v) is 6.57. The van der Waals surface area contributed by atoms with Crippen LogP contribution >= 0.6 is 0 Å². The molecule has 2 saturated heterocycles. The van der Waals surface area contributed by atoms with Gasteiger partial charge in [-0.2, -0.15) is 0 Å². The number of urea groups is 1. The van der Waals surface area contributed by atoms with E-state index >= 15 is 0 Å². The van der Waals surface area contributed by atoms with Crippen LogP contribution in [0.4, 0.5) is 4.79 Å². The summed E-state index contributed by atoms with van der Waals surface area (Å²) >= 11 is 0. The quantitative estimate of drug-likeness (QED) is 0.828. The molecule has 6 nitrogen and oxygen atoms in total. The first-order valence-corrected chi connectivity index (χ1v) is 7.93. The minimum Gasteiger partial charge on any atom is -0.480 e. The first-order chi connectivity index (χ1) is 9.87. The predicted molar refractivity (Wildman–Crippen MR) is 80.2 cm³/mol. The molecule has 0 radical (unpaired) electrons. The first kappa shape index (κ1) is 16.1. The molecule has 2 heterocycles.